The monoisotopic (exact) mass is 371 g/mol. The van der Waals surface area contributed by atoms with Crippen molar-refractivity contribution in [3.63, 3.8) is 0 Å². The highest BCUT2D eigenvalue weighted by atomic mass is 79.9. The van der Waals surface area contributed by atoms with E-state index in [1.54, 1.807) is 24.3 Å². The van der Waals surface area contributed by atoms with Gasteiger partial charge in [0.05, 0.1) is 4.47 Å². The molecule has 0 spiro atoms. The highest BCUT2D eigenvalue weighted by Gasteiger charge is 2.15. The van der Waals surface area contributed by atoms with E-state index in [0.717, 1.165) is 0 Å². The molecule has 0 heterocycles. The number of hydrogen-bond acceptors (Lipinski definition) is 2. The highest BCUT2D eigenvalue weighted by molar-refractivity contribution is 9.11. The van der Waals surface area contributed by atoms with Gasteiger partial charge in [0.15, 0.2) is 5.78 Å². The van der Waals surface area contributed by atoms with Crippen LogP contribution in [-0.2, 0) is 0 Å². The van der Waals surface area contributed by atoms with Crippen molar-refractivity contribution in [3.05, 3.63) is 62.3 Å². The number of nitrogen functional groups attached to an aromatic ring is 1. The van der Waals surface area contributed by atoms with E-state index in [0.29, 0.717) is 15.7 Å². The van der Waals surface area contributed by atoms with E-state index in [-0.39, 0.29) is 15.8 Å². The number of halogens is 3. The smallest absolute Gasteiger partial charge is 0.194 e. The van der Waals surface area contributed by atoms with E-state index in [4.69, 9.17) is 5.73 Å². The van der Waals surface area contributed by atoms with Crippen molar-refractivity contribution in [3.8, 4) is 0 Å². The molecular formula is C13H8Br2FNO. The number of benzene rings is 2. The molecule has 2 N–H and O–H groups in total. The number of hydrogen-bond donors (Lipinski definition) is 1. The van der Waals surface area contributed by atoms with Crippen molar-refractivity contribution in [1.29, 1.82) is 0 Å². The maximum absolute atomic E-state index is 13.4. The van der Waals surface area contributed by atoms with E-state index in [1.165, 1.54) is 12.1 Å². The number of nitrogens with two attached hydrogens (primary N) is 1. The molecule has 0 aliphatic rings. The lowest BCUT2D eigenvalue weighted by atomic mass is 10.0. The maximum atomic E-state index is 13.4. The summed E-state index contributed by atoms with van der Waals surface area (Å²) in [6, 6.07) is 9.22. The molecule has 2 aromatic carbocycles. The SMILES string of the molecule is Nc1ccc(C(=O)c2cccc(F)c2Br)cc1Br. The first kappa shape index (κ1) is 13.2. The predicted molar refractivity (Wildman–Crippen MR) is 76.1 cm³/mol. The zero-order valence-corrected chi connectivity index (χ0v) is 12.3. The van der Waals surface area contributed by atoms with Crippen LogP contribution in [0.1, 0.15) is 15.9 Å². The number of anilines is 1. The van der Waals surface area contributed by atoms with Gasteiger partial charge in [0.1, 0.15) is 5.82 Å². The van der Waals surface area contributed by atoms with Crippen LogP contribution in [0.15, 0.2) is 45.3 Å². The van der Waals surface area contributed by atoms with Crippen molar-refractivity contribution >= 4 is 43.3 Å². The van der Waals surface area contributed by atoms with Gasteiger partial charge in [-0.25, -0.2) is 4.39 Å². The fraction of sp³-hybridized carbons (Fsp3) is 0. The molecule has 0 aliphatic carbocycles. The molecule has 0 atom stereocenters. The molecule has 92 valence electrons. The molecular weight excluding hydrogens is 365 g/mol. The minimum Gasteiger partial charge on any atom is -0.398 e. The third kappa shape index (κ3) is 2.47. The molecule has 2 nitrogen and oxygen atoms in total. The number of rotatable bonds is 2. The molecule has 0 unspecified atom stereocenters. The summed E-state index contributed by atoms with van der Waals surface area (Å²) in [5.74, 6) is -0.725. The third-order valence-electron chi connectivity index (χ3n) is 2.46. The Hall–Kier alpha value is -1.20. The summed E-state index contributed by atoms with van der Waals surface area (Å²) in [4.78, 5) is 12.2. The average molecular weight is 373 g/mol. The molecule has 2 rings (SSSR count). The second kappa shape index (κ2) is 5.20. The lowest BCUT2D eigenvalue weighted by Crippen LogP contribution is -2.04. The van der Waals surface area contributed by atoms with Crippen molar-refractivity contribution in [2.45, 2.75) is 0 Å². The van der Waals surface area contributed by atoms with Gasteiger partial charge >= 0.3 is 0 Å². The van der Waals surface area contributed by atoms with Crippen molar-refractivity contribution in [2.75, 3.05) is 5.73 Å². The molecule has 18 heavy (non-hydrogen) atoms. The highest BCUT2D eigenvalue weighted by Crippen LogP contribution is 2.26. The van der Waals surface area contributed by atoms with Crippen LogP contribution in [0.2, 0.25) is 0 Å². The molecule has 0 saturated heterocycles. The molecule has 0 fully saturated rings. The van der Waals surface area contributed by atoms with Gasteiger partial charge in [-0.3, -0.25) is 4.79 Å². The number of carbonyl (C=O) groups excluding carboxylic acids is 1. The van der Waals surface area contributed by atoms with Crippen LogP contribution in [-0.4, -0.2) is 5.78 Å². The Morgan fingerprint density at radius 1 is 1.17 bits per heavy atom. The number of ketones is 1. The van der Waals surface area contributed by atoms with Gasteiger partial charge < -0.3 is 5.73 Å². The summed E-state index contributed by atoms with van der Waals surface area (Å²) in [5.41, 5.74) is 6.93. The van der Waals surface area contributed by atoms with Crippen molar-refractivity contribution in [1.82, 2.24) is 0 Å². The lowest BCUT2D eigenvalue weighted by Gasteiger charge is -2.06. The quantitative estimate of drug-likeness (QED) is 0.635. The zero-order valence-electron chi connectivity index (χ0n) is 9.08. The molecule has 5 heteroatoms. The average Bonchev–Trinajstić information content (AvgIpc) is 2.35. The topological polar surface area (TPSA) is 43.1 Å². The Balaban J connectivity index is 2.48. The van der Waals surface area contributed by atoms with Crippen LogP contribution in [0, 0.1) is 5.82 Å². The molecule has 2 aromatic rings. The Morgan fingerprint density at radius 2 is 1.89 bits per heavy atom. The first-order valence-corrected chi connectivity index (χ1v) is 6.63. The molecule has 0 aromatic heterocycles. The molecule has 0 saturated carbocycles. The summed E-state index contributed by atoms with van der Waals surface area (Å²) < 4.78 is 14.2. The van der Waals surface area contributed by atoms with Gasteiger partial charge in [-0.1, -0.05) is 6.07 Å². The molecule has 0 radical (unpaired) electrons. The zero-order chi connectivity index (χ0) is 13.3. The Kier molecular flexibility index (Phi) is 3.82. The van der Waals surface area contributed by atoms with Gasteiger partial charge in [-0.05, 0) is 62.2 Å². The van der Waals surface area contributed by atoms with E-state index in [1.807, 2.05) is 0 Å². The molecule has 0 aliphatic heterocycles. The Morgan fingerprint density at radius 3 is 2.56 bits per heavy atom. The maximum Gasteiger partial charge on any atom is 0.194 e. The van der Waals surface area contributed by atoms with Crippen LogP contribution in [0.4, 0.5) is 10.1 Å². The largest absolute Gasteiger partial charge is 0.398 e. The van der Waals surface area contributed by atoms with Crippen molar-refractivity contribution in [2.24, 2.45) is 0 Å². The lowest BCUT2D eigenvalue weighted by molar-refractivity contribution is 0.103. The molecule has 0 amide bonds. The standard InChI is InChI=1S/C13H8Br2FNO/c14-9-6-7(4-5-11(9)17)13(18)8-2-1-3-10(16)12(8)15/h1-6H,17H2. The summed E-state index contributed by atoms with van der Waals surface area (Å²) in [6.07, 6.45) is 0. The Bertz CT molecular complexity index is 628. The van der Waals surface area contributed by atoms with Crippen LogP contribution >= 0.6 is 31.9 Å². The van der Waals surface area contributed by atoms with Gasteiger partial charge in [0, 0.05) is 21.3 Å². The normalized spacial score (nSPS) is 10.4. The first-order chi connectivity index (χ1) is 8.50. The fourth-order valence-electron chi connectivity index (χ4n) is 1.50. The molecule has 0 bridgehead atoms. The van der Waals surface area contributed by atoms with E-state index in [9.17, 15) is 9.18 Å². The van der Waals surface area contributed by atoms with Gasteiger partial charge in [0.25, 0.3) is 0 Å². The van der Waals surface area contributed by atoms with Gasteiger partial charge in [-0.15, -0.1) is 0 Å². The minimum atomic E-state index is -0.463. The second-order valence-electron chi connectivity index (χ2n) is 3.67. The van der Waals surface area contributed by atoms with Crippen LogP contribution < -0.4 is 5.73 Å². The summed E-state index contributed by atoms with van der Waals surface area (Å²) in [5, 5.41) is 0. The first-order valence-electron chi connectivity index (χ1n) is 5.04. The van der Waals surface area contributed by atoms with Crippen LogP contribution in [0.5, 0.6) is 0 Å². The van der Waals surface area contributed by atoms with E-state index < -0.39 is 5.82 Å². The predicted octanol–water partition coefficient (Wildman–Crippen LogP) is 4.16. The fourth-order valence-corrected chi connectivity index (χ4v) is 2.33. The summed E-state index contributed by atoms with van der Waals surface area (Å²) in [6.45, 7) is 0. The van der Waals surface area contributed by atoms with Crippen LogP contribution in [0.25, 0.3) is 0 Å². The second-order valence-corrected chi connectivity index (χ2v) is 5.31. The van der Waals surface area contributed by atoms with Crippen LogP contribution in [0.3, 0.4) is 0 Å². The summed E-state index contributed by atoms with van der Waals surface area (Å²) >= 11 is 6.34. The van der Waals surface area contributed by atoms with Gasteiger partial charge in [0.2, 0.25) is 0 Å². The van der Waals surface area contributed by atoms with Gasteiger partial charge in [-0.2, -0.15) is 0 Å². The number of carbonyl (C=O) groups is 1. The Labute approximate surface area is 120 Å². The van der Waals surface area contributed by atoms with E-state index in [2.05, 4.69) is 31.9 Å². The van der Waals surface area contributed by atoms with Crippen molar-refractivity contribution < 1.29 is 9.18 Å². The summed E-state index contributed by atoms with van der Waals surface area (Å²) in [7, 11) is 0. The third-order valence-corrected chi connectivity index (χ3v) is 3.95. The minimum absolute atomic E-state index is 0.169. The van der Waals surface area contributed by atoms with E-state index >= 15 is 0 Å².